The zero-order chi connectivity index (χ0) is 19.0. The molecule has 0 radical (unpaired) electrons. The molecule has 0 saturated heterocycles. The van der Waals surface area contributed by atoms with Crippen LogP contribution < -0.4 is 0 Å². The van der Waals surface area contributed by atoms with Crippen molar-refractivity contribution in [1.82, 2.24) is 4.98 Å². The Hall–Kier alpha value is -3.08. The Balaban J connectivity index is 1.57. The van der Waals surface area contributed by atoms with Gasteiger partial charge in [-0.25, -0.2) is 0 Å². The first kappa shape index (κ1) is 17.3. The number of hydrogen-bond acceptors (Lipinski definition) is 2. The van der Waals surface area contributed by atoms with Crippen molar-refractivity contribution in [3.63, 3.8) is 0 Å². The van der Waals surface area contributed by atoms with Crippen LogP contribution in [0.3, 0.4) is 0 Å². The van der Waals surface area contributed by atoms with E-state index in [0.29, 0.717) is 18.5 Å². The van der Waals surface area contributed by atoms with Gasteiger partial charge in [-0.05, 0) is 64.9 Å². The fourth-order valence-corrected chi connectivity index (χ4v) is 3.23. The lowest BCUT2D eigenvalue weighted by Crippen LogP contribution is -2.06. The van der Waals surface area contributed by atoms with E-state index in [1.165, 1.54) is 6.07 Å². The molecule has 27 heavy (non-hydrogen) atoms. The van der Waals surface area contributed by atoms with Gasteiger partial charge in [-0.15, -0.1) is 0 Å². The second kappa shape index (κ2) is 6.58. The highest BCUT2D eigenvalue weighted by atomic mass is 19.4. The minimum absolute atomic E-state index is 0.244. The minimum atomic E-state index is -4.36. The summed E-state index contributed by atoms with van der Waals surface area (Å²) in [5, 5.41) is 13.9. The third-order valence-electron chi connectivity index (χ3n) is 4.70. The van der Waals surface area contributed by atoms with Crippen molar-refractivity contribution in [3.05, 3.63) is 83.7 Å². The van der Waals surface area contributed by atoms with Crippen LogP contribution in [-0.4, -0.2) is 10.1 Å². The van der Waals surface area contributed by atoms with E-state index in [1.807, 2.05) is 42.5 Å². The van der Waals surface area contributed by atoms with Crippen molar-refractivity contribution in [2.45, 2.75) is 19.0 Å². The van der Waals surface area contributed by atoms with Gasteiger partial charge in [-0.2, -0.15) is 13.2 Å². The quantitative estimate of drug-likeness (QED) is 0.458. The zero-order valence-corrected chi connectivity index (χ0v) is 14.3. The van der Waals surface area contributed by atoms with Crippen molar-refractivity contribution in [2.75, 3.05) is 0 Å². The van der Waals surface area contributed by atoms with Crippen molar-refractivity contribution < 1.29 is 18.3 Å². The zero-order valence-electron chi connectivity index (χ0n) is 14.3. The second-order valence-electron chi connectivity index (χ2n) is 6.57. The van der Waals surface area contributed by atoms with E-state index < -0.39 is 11.7 Å². The smallest absolute Gasteiger partial charge is 0.417 e. The molecule has 0 aliphatic heterocycles. The fraction of sp³-hybridized carbons (Fsp3) is 0.136. The highest BCUT2D eigenvalue weighted by Crippen LogP contribution is 2.30. The summed E-state index contributed by atoms with van der Waals surface area (Å²) < 4.78 is 37.8. The third-order valence-corrected chi connectivity index (χ3v) is 4.70. The van der Waals surface area contributed by atoms with Gasteiger partial charge in [0.1, 0.15) is 5.75 Å². The van der Waals surface area contributed by atoms with E-state index in [4.69, 9.17) is 0 Å². The van der Waals surface area contributed by atoms with Crippen molar-refractivity contribution in [1.29, 1.82) is 0 Å². The highest BCUT2D eigenvalue weighted by molar-refractivity contribution is 6.00. The third kappa shape index (κ3) is 3.58. The van der Waals surface area contributed by atoms with Gasteiger partial charge in [0.15, 0.2) is 0 Å². The van der Waals surface area contributed by atoms with Gasteiger partial charge in [-0.1, -0.05) is 30.3 Å². The van der Waals surface area contributed by atoms with Crippen molar-refractivity contribution in [2.24, 2.45) is 0 Å². The predicted molar refractivity (Wildman–Crippen MR) is 99.8 cm³/mol. The molecule has 2 nitrogen and oxygen atoms in total. The summed E-state index contributed by atoms with van der Waals surface area (Å²) in [5.41, 5.74) is 0.960. The average Bonchev–Trinajstić information content (AvgIpc) is 2.65. The lowest BCUT2D eigenvalue weighted by molar-refractivity contribution is -0.137. The number of halogens is 3. The fourth-order valence-electron chi connectivity index (χ4n) is 3.23. The van der Waals surface area contributed by atoms with Gasteiger partial charge in [-0.3, -0.25) is 4.98 Å². The number of nitrogens with zero attached hydrogens (tertiary/aromatic N) is 1. The maximum atomic E-state index is 12.6. The van der Waals surface area contributed by atoms with Crippen LogP contribution in [0.4, 0.5) is 13.2 Å². The molecule has 0 saturated carbocycles. The van der Waals surface area contributed by atoms with Gasteiger partial charge in [0.05, 0.1) is 5.56 Å². The summed E-state index contributed by atoms with van der Waals surface area (Å²) >= 11 is 0. The molecule has 0 aliphatic rings. The summed E-state index contributed by atoms with van der Waals surface area (Å²) in [5.74, 6) is 0.244. The summed E-state index contributed by atoms with van der Waals surface area (Å²) in [6.07, 6.45) is -2.25. The summed E-state index contributed by atoms with van der Waals surface area (Å²) in [6, 6.07) is 18.0. The Morgan fingerprint density at radius 3 is 2.41 bits per heavy atom. The van der Waals surface area contributed by atoms with Gasteiger partial charge in [0.25, 0.3) is 0 Å². The number of phenols is 1. The standard InChI is InChI=1S/C22H16F3NO/c23-22(24,25)18-7-9-19(26-13-18)8-5-14-4-6-15-11-16-2-1-3-21(27)20(16)12-17(15)10-14/h1-4,6-7,9-13,27H,5,8H2. The van der Waals surface area contributed by atoms with E-state index in [9.17, 15) is 18.3 Å². The largest absolute Gasteiger partial charge is 0.507 e. The molecule has 1 heterocycles. The van der Waals surface area contributed by atoms with Crippen LogP contribution in [0.25, 0.3) is 21.5 Å². The molecule has 0 amide bonds. The Kier molecular flexibility index (Phi) is 4.22. The van der Waals surface area contributed by atoms with E-state index in [0.717, 1.165) is 39.4 Å². The Bertz CT molecular complexity index is 1120. The molecule has 0 unspecified atom stereocenters. The normalized spacial score (nSPS) is 12.0. The van der Waals surface area contributed by atoms with E-state index in [-0.39, 0.29) is 5.75 Å². The number of hydrogen-bond donors (Lipinski definition) is 1. The van der Waals surface area contributed by atoms with Crippen molar-refractivity contribution in [3.8, 4) is 5.75 Å². The SMILES string of the molecule is Oc1cccc2cc3ccc(CCc4ccc(C(F)(F)F)cn4)cc3cc12. The molecular weight excluding hydrogens is 351 g/mol. The first-order chi connectivity index (χ1) is 12.9. The van der Waals surface area contributed by atoms with Crippen molar-refractivity contribution >= 4 is 21.5 Å². The monoisotopic (exact) mass is 367 g/mol. The maximum absolute atomic E-state index is 12.6. The molecule has 0 atom stereocenters. The molecule has 5 heteroatoms. The molecule has 0 aliphatic carbocycles. The summed E-state index contributed by atoms with van der Waals surface area (Å²) in [6.45, 7) is 0. The molecule has 0 spiro atoms. The van der Waals surface area contributed by atoms with Crippen LogP contribution in [0.1, 0.15) is 16.8 Å². The van der Waals surface area contributed by atoms with Crippen LogP contribution in [-0.2, 0) is 19.0 Å². The van der Waals surface area contributed by atoms with Crippen LogP contribution in [0.5, 0.6) is 5.75 Å². The van der Waals surface area contributed by atoms with E-state index in [1.54, 1.807) is 6.07 Å². The number of aromatic hydroxyl groups is 1. The van der Waals surface area contributed by atoms with Crippen LogP contribution in [0.2, 0.25) is 0 Å². The molecule has 4 aromatic rings. The first-order valence-corrected chi connectivity index (χ1v) is 8.57. The Morgan fingerprint density at radius 2 is 1.67 bits per heavy atom. The maximum Gasteiger partial charge on any atom is 0.417 e. The average molecular weight is 367 g/mol. The molecule has 0 fully saturated rings. The Labute approximate surface area is 153 Å². The number of aromatic nitrogens is 1. The van der Waals surface area contributed by atoms with Crippen LogP contribution in [0.15, 0.2) is 66.9 Å². The molecule has 4 rings (SSSR count). The number of alkyl halides is 3. The molecule has 3 aromatic carbocycles. The van der Waals surface area contributed by atoms with Gasteiger partial charge < -0.3 is 5.11 Å². The topological polar surface area (TPSA) is 33.1 Å². The second-order valence-corrected chi connectivity index (χ2v) is 6.57. The number of fused-ring (bicyclic) bond motifs is 2. The lowest BCUT2D eigenvalue weighted by atomic mass is 9.99. The van der Waals surface area contributed by atoms with Gasteiger partial charge >= 0.3 is 6.18 Å². The number of benzene rings is 3. The molecular formula is C22H16F3NO. The van der Waals surface area contributed by atoms with Crippen LogP contribution in [0, 0.1) is 0 Å². The summed E-state index contributed by atoms with van der Waals surface area (Å²) in [7, 11) is 0. The first-order valence-electron chi connectivity index (χ1n) is 8.57. The minimum Gasteiger partial charge on any atom is -0.507 e. The molecule has 1 aromatic heterocycles. The van der Waals surface area contributed by atoms with E-state index in [2.05, 4.69) is 4.98 Å². The highest BCUT2D eigenvalue weighted by Gasteiger charge is 2.30. The number of pyridine rings is 1. The molecule has 136 valence electrons. The van der Waals surface area contributed by atoms with E-state index >= 15 is 0 Å². The molecule has 1 N–H and O–H groups in total. The predicted octanol–water partition coefficient (Wildman–Crippen LogP) is 5.90. The van der Waals surface area contributed by atoms with Gasteiger partial charge in [0, 0.05) is 17.3 Å². The summed E-state index contributed by atoms with van der Waals surface area (Å²) in [4.78, 5) is 3.92. The van der Waals surface area contributed by atoms with Crippen LogP contribution >= 0.6 is 0 Å². The Morgan fingerprint density at radius 1 is 0.815 bits per heavy atom. The number of phenolic OH excluding ortho intramolecular Hbond substituents is 1. The number of rotatable bonds is 3. The van der Waals surface area contributed by atoms with Gasteiger partial charge in [0.2, 0.25) is 0 Å². The lowest BCUT2D eigenvalue weighted by Gasteiger charge is -2.08. The molecule has 0 bridgehead atoms. The number of aryl methyl sites for hydroxylation is 2.